The molecule has 10 heteroatoms. The molecule has 0 aliphatic heterocycles. The number of aromatic nitrogens is 3. The molecular formula is C21H26ClFN7O+. The van der Waals surface area contributed by atoms with Gasteiger partial charge in [0.2, 0.25) is 0 Å². The summed E-state index contributed by atoms with van der Waals surface area (Å²) in [5, 5.41) is 13.6. The van der Waals surface area contributed by atoms with E-state index in [9.17, 15) is 9.18 Å². The molecule has 0 saturated heterocycles. The quantitative estimate of drug-likeness (QED) is 0.313. The van der Waals surface area contributed by atoms with Gasteiger partial charge in [-0.2, -0.15) is 0 Å². The predicted molar refractivity (Wildman–Crippen MR) is 119 cm³/mol. The average Bonchev–Trinajstić information content (AvgIpc) is 3.09. The van der Waals surface area contributed by atoms with Gasteiger partial charge in [0.1, 0.15) is 22.7 Å². The highest BCUT2D eigenvalue weighted by atomic mass is 35.5. The Bertz CT molecular complexity index is 1130. The van der Waals surface area contributed by atoms with Gasteiger partial charge >= 0.3 is 0 Å². The number of quaternary nitrogens is 1. The van der Waals surface area contributed by atoms with Crippen molar-refractivity contribution in [2.45, 2.75) is 19.9 Å². The van der Waals surface area contributed by atoms with Crippen molar-refractivity contribution in [3.8, 4) is 0 Å². The Kier molecular flexibility index (Phi) is 6.99. The monoisotopic (exact) mass is 446 g/mol. The van der Waals surface area contributed by atoms with Crippen LogP contribution in [0.15, 0.2) is 24.5 Å². The maximum absolute atomic E-state index is 14.9. The number of nitrogens with zero attached hydrogens (tertiary/aromatic N) is 3. The highest BCUT2D eigenvalue weighted by Gasteiger charge is 2.23. The number of nitrogens with one attached hydrogen (secondary N) is 3. The number of nitrogens with two attached hydrogens (primary N) is 1. The summed E-state index contributed by atoms with van der Waals surface area (Å²) in [5.74, 6) is -0.906. The highest BCUT2D eigenvalue weighted by molar-refractivity contribution is 6.31. The molecule has 5 N–H and O–H groups in total. The van der Waals surface area contributed by atoms with Gasteiger partial charge in [-0.05, 0) is 34.0 Å². The first-order valence-electron chi connectivity index (χ1n) is 9.88. The molecule has 0 aliphatic carbocycles. The summed E-state index contributed by atoms with van der Waals surface area (Å²) in [7, 11) is 3.90. The van der Waals surface area contributed by atoms with Gasteiger partial charge in [0.15, 0.2) is 5.65 Å². The molecule has 0 atom stereocenters. The topological polar surface area (TPSA) is 114 Å². The first-order valence-corrected chi connectivity index (χ1v) is 10.3. The normalized spacial score (nSPS) is 11.5. The highest BCUT2D eigenvalue weighted by Crippen LogP contribution is 2.24. The van der Waals surface area contributed by atoms with Gasteiger partial charge in [-0.3, -0.25) is 10.2 Å². The summed E-state index contributed by atoms with van der Waals surface area (Å²) < 4.78 is 14.9. The van der Waals surface area contributed by atoms with E-state index in [1.165, 1.54) is 18.5 Å². The van der Waals surface area contributed by atoms with E-state index in [0.717, 1.165) is 6.54 Å². The van der Waals surface area contributed by atoms with Crippen LogP contribution in [0.2, 0.25) is 5.02 Å². The van der Waals surface area contributed by atoms with Crippen molar-refractivity contribution in [2.75, 3.05) is 27.2 Å². The van der Waals surface area contributed by atoms with Crippen molar-refractivity contribution in [2.24, 2.45) is 0 Å². The van der Waals surface area contributed by atoms with Crippen molar-refractivity contribution in [1.82, 2.24) is 25.2 Å². The Morgan fingerprint density at radius 3 is 2.81 bits per heavy atom. The maximum Gasteiger partial charge on any atom is 0.255 e. The van der Waals surface area contributed by atoms with E-state index in [0.29, 0.717) is 29.0 Å². The summed E-state index contributed by atoms with van der Waals surface area (Å²) in [4.78, 5) is 26.1. The number of fused-ring (bicyclic) bond motifs is 1. The van der Waals surface area contributed by atoms with Crippen LogP contribution in [-0.2, 0) is 0 Å². The second kappa shape index (κ2) is 9.51. The van der Waals surface area contributed by atoms with Crippen LogP contribution in [0.3, 0.4) is 0 Å². The Balaban J connectivity index is 2.00. The zero-order valence-corrected chi connectivity index (χ0v) is 18.6. The molecule has 8 nitrogen and oxygen atoms in total. The summed E-state index contributed by atoms with van der Waals surface area (Å²) >= 11 is 6.06. The van der Waals surface area contributed by atoms with Crippen LogP contribution in [0, 0.1) is 11.2 Å². The van der Waals surface area contributed by atoms with Gasteiger partial charge in [-0.25, -0.2) is 14.4 Å². The second-order valence-corrected chi connectivity index (χ2v) is 8.24. The maximum atomic E-state index is 14.9. The SMILES string of the molecule is CC(C)NC(=O)c1c[nH]c2ncc(C(=N)c3c(F)cc(Cl)cc3[NH2+]CCN(C)C)nc12. The van der Waals surface area contributed by atoms with Crippen molar-refractivity contribution in [1.29, 1.82) is 5.41 Å². The number of amides is 1. The van der Waals surface area contributed by atoms with E-state index in [1.54, 1.807) is 6.07 Å². The number of hydrogen-bond acceptors (Lipinski definition) is 5. The lowest BCUT2D eigenvalue weighted by Gasteiger charge is -2.13. The third-order valence-corrected chi connectivity index (χ3v) is 4.80. The molecule has 0 spiro atoms. The van der Waals surface area contributed by atoms with E-state index >= 15 is 0 Å². The number of rotatable bonds is 8. The number of H-pyrrole nitrogens is 1. The fourth-order valence-electron chi connectivity index (χ4n) is 3.15. The molecule has 2 aromatic heterocycles. The fraction of sp³-hybridized carbons (Fsp3) is 0.333. The van der Waals surface area contributed by atoms with Gasteiger partial charge in [0.25, 0.3) is 5.91 Å². The number of hydrogen-bond donors (Lipinski definition) is 4. The van der Waals surface area contributed by atoms with E-state index in [1.807, 2.05) is 38.2 Å². The van der Waals surface area contributed by atoms with E-state index < -0.39 is 5.82 Å². The van der Waals surface area contributed by atoms with E-state index in [2.05, 4.69) is 20.3 Å². The molecule has 0 bridgehead atoms. The number of carbonyl (C=O) groups excluding carboxylic acids is 1. The summed E-state index contributed by atoms with van der Waals surface area (Å²) in [5.41, 5.74) is 1.71. The number of aromatic amines is 1. The summed E-state index contributed by atoms with van der Waals surface area (Å²) in [6, 6.07) is 2.77. The van der Waals surface area contributed by atoms with Crippen molar-refractivity contribution < 1.29 is 14.5 Å². The smallest absolute Gasteiger partial charge is 0.255 e. The lowest BCUT2D eigenvalue weighted by Crippen LogP contribution is -2.80. The molecule has 2 heterocycles. The molecule has 0 saturated carbocycles. The lowest BCUT2D eigenvalue weighted by atomic mass is 10.0. The van der Waals surface area contributed by atoms with Crippen molar-refractivity contribution in [3.05, 3.63) is 52.2 Å². The number of halogens is 2. The standard InChI is InChI=1S/C21H25ClFN7O/c1-11(2)28-21(31)13-9-26-20-19(13)29-16(10-27-20)18(24)17-14(23)7-12(22)8-15(17)25-5-6-30(3)4/h7-11,24-25H,5-6H2,1-4H3,(H,26,27)(H,28,31)/p+1. The van der Waals surface area contributed by atoms with Crippen LogP contribution in [0.25, 0.3) is 11.2 Å². The van der Waals surface area contributed by atoms with Crippen LogP contribution in [0.4, 0.5) is 10.1 Å². The fourth-order valence-corrected chi connectivity index (χ4v) is 3.36. The van der Waals surface area contributed by atoms with Crippen LogP contribution < -0.4 is 10.6 Å². The molecular weight excluding hydrogens is 421 g/mol. The van der Waals surface area contributed by atoms with E-state index in [-0.39, 0.29) is 33.9 Å². The van der Waals surface area contributed by atoms with Crippen molar-refractivity contribution in [3.63, 3.8) is 0 Å². The first kappa shape index (κ1) is 22.8. The zero-order valence-electron chi connectivity index (χ0n) is 17.9. The average molecular weight is 447 g/mol. The molecule has 31 heavy (non-hydrogen) atoms. The van der Waals surface area contributed by atoms with Gasteiger partial charge in [0, 0.05) is 29.9 Å². The van der Waals surface area contributed by atoms with Crippen LogP contribution in [0.5, 0.6) is 0 Å². The molecule has 3 rings (SSSR count). The molecule has 0 radical (unpaired) electrons. The Morgan fingerprint density at radius 1 is 1.39 bits per heavy atom. The van der Waals surface area contributed by atoms with Crippen LogP contribution in [0.1, 0.15) is 35.5 Å². The number of benzene rings is 1. The molecule has 164 valence electrons. The third-order valence-electron chi connectivity index (χ3n) is 4.58. The molecule has 0 aliphatic rings. The third kappa shape index (κ3) is 5.25. The Labute approximate surface area is 184 Å². The van der Waals surface area contributed by atoms with Gasteiger partial charge < -0.3 is 20.5 Å². The predicted octanol–water partition coefficient (Wildman–Crippen LogP) is 2.06. The molecule has 0 fully saturated rings. The minimum absolute atomic E-state index is 0.0460. The first-order chi connectivity index (χ1) is 14.7. The minimum Gasteiger partial charge on any atom is -0.350 e. The van der Waals surface area contributed by atoms with Gasteiger partial charge in [0.05, 0.1) is 29.6 Å². The largest absolute Gasteiger partial charge is 0.350 e. The van der Waals surface area contributed by atoms with Gasteiger partial charge in [-0.1, -0.05) is 11.6 Å². The Hall–Kier alpha value is -2.88. The zero-order chi connectivity index (χ0) is 22.7. The van der Waals surface area contributed by atoms with E-state index in [4.69, 9.17) is 17.0 Å². The van der Waals surface area contributed by atoms with Crippen LogP contribution >= 0.6 is 11.6 Å². The minimum atomic E-state index is -0.609. The second-order valence-electron chi connectivity index (χ2n) is 7.81. The molecule has 1 amide bonds. The number of carbonyl (C=O) groups is 1. The summed E-state index contributed by atoms with van der Waals surface area (Å²) in [6.45, 7) is 5.15. The molecule has 3 aromatic rings. The van der Waals surface area contributed by atoms with Crippen molar-refractivity contribution >= 4 is 40.1 Å². The van der Waals surface area contributed by atoms with Crippen LogP contribution in [-0.4, -0.2) is 64.7 Å². The lowest BCUT2D eigenvalue weighted by molar-refractivity contribution is -0.571. The number of likely N-dealkylation sites (N-methyl/N-ethyl adjacent to an activating group) is 1. The molecule has 0 unspecified atom stereocenters. The van der Waals surface area contributed by atoms with Gasteiger partial charge in [-0.15, -0.1) is 0 Å². The molecule has 1 aromatic carbocycles. The summed E-state index contributed by atoms with van der Waals surface area (Å²) in [6.07, 6.45) is 2.92. The Morgan fingerprint density at radius 2 is 2.13 bits per heavy atom.